The molecule has 2 aromatic carbocycles. The van der Waals surface area contributed by atoms with Crippen molar-refractivity contribution < 1.29 is 14.6 Å². The summed E-state index contributed by atoms with van der Waals surface area (Å²) in [6, 6.07) is 18.6. The predicted molar refractivity (Wildman–Crippen MR) is 128 cm³/mol. The summed E-state index contributed by atoms with van der Waals surface area (Å²) in [6.07, 6.45) is 6.86. The Morgan fingerprint density at radius 3 is 2.48 bits per heavy atom. The highest BCUT2D eigenvalue weighted by molar-refractivity contribution is 6.32. The number of carbonyl (C=O) groups is 1. The third-order valence-electron chi connectivity index (χ3n) is 7.82. The predicted octanol–water partition coefficient (Wildman–Crippen LogP) is 7.05. The Hall–Kier alpha value is -3.05. The molecule has 1 aromatic heterocycles. The lowest BCUT2D eigenvalue weighted by molar-refractivity contribution is 0.0690. The molecule has 1 heterocycles. The Labute approximate surface area is 197 Å². The average molecular weight is 461 g/mol. The molecule has 4 aliphatic carbocycles. The van der Waals surface area contributed by atoms with Gasteiger partial charge in [0.15, 0.2) is 5.69 Å². The second-order valence-corrected chi connectivity index (χ2v) is 10.2. The molecule has 4 aliphatic rings. The number of nitrogens with one attached hydrogen (secondary N) is 1. The van der Waals surface area contributed by atoms with Crippen LogP contribution in [-0.4, -0.2) is 16.1 Å². The topological polar surface area (TPSA) is 71.5 Å². The average Bonchev–Trinajstić information content (AvgIpc) is 3.21. The molecule has 7 rings (SSSR count). The fourth-order valence-electron chi connectivity index (χ4n) is 6.67. The maximum atomic E-state index is 11.1. The Balaban J connectivity index is 1.16. The molecule has 3 aromatic rings. The molecule has 33 heavy (non-hydrogen) atoms. The second-order valence-electron chi connectivity index (χ2n) is 9.81. The number of ether oxygens (including phenoxy) is 1. The van der Waals surface area contributed by atoms with E-state index in [0.29, 0.717) is 27.8 Å². The van der Waals surface area contributed by atoms with E-state index in [9.17, 15) is 4.79 Å². The summed E-state index contributed by atoms with van der Waals surface area (Å²) in [4.78, 5) is 15.2. The van der Waals surface area contributed by atoms with Crippen LogP contribution in [0, 0.1) is 17.8 Å². The van der Waals surface area contributed by atoms with Crippen LogP contribution in [-0.2, 0) is 5.41 Å². The van der Waals surface area contributed by atoms with Gasteiger partial charge in [-0.2, -0.15) is 0 Å². The Morgan fingerprint density at radius 2 is 1.79 bits per heavy atom. The maximum absolute atomic E-state index is 11.1. The smallest absolute Gasteiger partial charge is 0.354 e. The van der Waals surface area contributed by atoms with E-state index < -0.39 is 5.97 Å². The van der Waals surface area contributed by atoms with E-state index in [4.69, 9.17) is 21.4 Å². The molecule has 0 aliphatic heterocycles. The zero-order valence-corrected chi connectivity index (χ0v) is 18.9. The zero-order valence-electron chi connectivity index (χ0n) is 18.1. The van der Waals surface area contributed by atoms with Gasteiger partial charge in [-0.25, -0.2) is 9.78 Å². The normalized spacial score (nSPS) is 27.0. The lowest BCUT2D eigenvalue weighted by atomic mass is 9.71. The van der Waals surface area contributed by atoms with Gasteiger partial charge in [-0.1, -0.05) is 23.7 Å². The van der Waals surface area contributed by atoms with Crippen molar-refractivity contribution in [3.63, 3.8) is 0 Å². The van der Waals surface area contributed by atoms with Crippen LogP contribution in [0.2, 0.25) is 5.02 Å². The van der Waals surface area contributed by atoms with E-state index >= 15 is 0 Å². The van der Waals surface area contributed by atoms with Gasteiger partial charge in [-0.05, 0) is 109 Å². The van der Waals surface area contributed by atoms with Crippen LogP contribution in [0.4, 0.5) is 11.5 Å². The molecule has 0 radical (unpaired) electrons. The van der Waals surface area contributed by atoms with Crippen LogP contribution in [0.3, 0.4) is 0 Å². The van der Waals surface area contributed by atoms with Gasteiger partial charge < -0.3 is 15.2 Å². The van der Waals surface area contributed by atoms with Gasteiger partial charge in [-0.15, -0.1) is 0 Å². The van der Waals surface area contributed by atoms with E-state index in [1.165, 1.54) is 43.7 Å². The minimum atomic E-state index is -1.06. The maximum Gasteiger partial charge on any atom is 0.354 e. The molecule has 4 bridgehead atoms. The Bertz CT molecular complexity index is 1210. The fraction of sp³-hybridized carbons (Fsp3) is 0.333. The number of anilines is 2. The summed E-state index contributed by atoms with van der Waals surface area (Å²) in [6.45, 7) is 0. The molecule has 2 atom stereocenters. The third-order valence-corrected chi connectivity index (χ3v) is 8.11. The summed E-state index contributed by atoms with van der Waals surface area (Å²) in [7, 11) is 0. The van der Waals surface area contributed by atoms with Gasteiger partial charge in [0.1, 0.15) is 17.3 Å². The van der Waals surface area contributed by atoms with E-state index in [1.54, 1.807) is 12.1 Å². The number of halogens is 1. The van der Waals surface area contributed by atoms with Crippen molar-refractivity contribution in [2.45, 2.75) is 37.5 Å². The van der Waals surface area contributed by atoms with Gasteiger partial charge in [0.2, 0.25) is 0 Å². The lowest BCUT2D eigenvalue weighted by Gasteiger charge is -2.33. The molecule has 168 valence electrons. The molecule has 2 unspecified atom stereocenters. The summed E-state index contributed by atoms with van der Waals surface area (Å²) >= 11 is 6.68. The number of aromatic carboxylic acids is 1. The highest BCUT2D eigenvalue weighted by Crippen LogP contribution is 2.66. The first-order valence-corrected chi connectivity index (χ1v) is 11.9. The van der Waals surface area contributed by atoms with Gasteiger partial charge in [-0.3, -0.25) is 0 Å². The standard InChI is InChI=1S/C27H25ClN2O3/c28-22-13-18(27-14-16-10-17(15-27)12-19(27)11-16)4-9-24(22)33-21-7-5-20(6-8-21)29-25-3-1-2-23(30-25)26(31)32/h1-9,13,16-17,19H,10-12,14-15H2,(H,29,30)(H,31,32). The van der Waals surface area contributed by atoms with Crippen molar-refractivity contribution in [1.82, 2.24) is 4.98 Å². The molecule has 4 fully saturated rings. The minimum Gasteiger partial charge on any atom is -0.477 e. The van der Waals surface area contributed by atoms with E-state index in [-0.39, 0.29) is 5.69 Å². The SMILES string of the molecule is O=C(O)c1cccc(Nc2ccc(Oc3ccc(C45CC6CC(CC4C6)C5)cc3Cl)cc2)n1. The highest BCUT2D eigenvalue weighted by Gasteiger charge is 2.58. The van der Waals surface area contributed by atoms with E-state index in [2.05, 4.69) is 22.4 Å². The van der Waals surface area contributed by atoms with Crippen LogP contribution >= 0.6 is 11.6 Å². The Morgan fingerprint density at radius 1 is 1.03 bits per heavy atom. The fourth-order valence-corrected chi connectivity index (χ4v) is 6.88. The lowest BCUT2D eigenvalue weighted by Crippen LogP contribution is -2.27. The number of nitrogens with zero attached hydrogens (tertiary/aromatic N) is 1. The molecule has 6 heteroatoms. The van der Waals surface area contributed by atoms with Crippen molar-refractivity contribution in [3.05, 3.63) is 76.9 Å². The number of hydrogen-bond acceptors (Lipinski definition) is 4. The molecule has 2 N–H and O–H groups in total. The summed E-state index contributed by atoms with van der Waals surface area (Å²) in [5.74, 6) is 3.40. The molecule has 4 saturated carbocycles. The summed E-state index contributed by atoms with van der Waals surface area (Å²) < 4.78 is 6.07. The number of carboxylic acid groups (broad SMARTS) is 1. The molecule has 0 saturated heterocycles. The Kier molecular flexibility index (Phi) is 4.84. The number of pyridine rings is 1. The molecular formula is C27H25ClN2O3. The second kappa shape index (κ2) is 7.77. The highest BCUT2D eigenvalue weighted by atomic mass is 35.5. The van der Waals surface area contributed by atoms with Crippen LogP contribution in [0.25, 0.3) is 0 Å². The first kappa shape index (κ1) is 20.5. The quantitative estimate of drug-likeness (QED) is 0.412. The molecule has 5 nitrogen and oxygen atoms in total. The van der Waals surface area contributed by atoms with E-state index in [1.807, 2.05) is 30.3 Å². The first-order valence-electron chi connectivity index (χ1n) is 11.5. The first-order chi connectivity index (χ1) is 16.0. The number of carboxylic acids is 1. The van der Waals surface area contributed by atoms with Crippen molar-refractivity contribution in [2.75, 3.05) is 5.32 Å². The van der Waals surface area contributed by atoms with Crippen LogP contribution in [0.5, 0.6) is 11.5 Å². The molecule has 0 amide bonds. The summed E-state index contributed by atoms with van der Waals surface area (Å²) in [5, 5.41) is 12.9. The van der Waals surface area contributed by atoms with E-state index in [0.717, 1.165) is 23.4 Å². The number of aromatic nitrogens is 1. The monoisotopic (exact) mass is 460 g/mol. The number of hydrogen-bond donors (Lipinski definition) is 2. The molecule has 0 spiro atoms. The number of rotatable bonds is 6. The van der Waals surface area contributed by atoms with Crippen LogP contribution < -0.4 is 10.1 Å². The minimum absolute atomic E-state index is 0.00357. The van der Waals surface area contributed by atoms with Gasteiger partial charge >= 0.3 is 5.97 Å². The van der Waals surface area contributed by atoms with Crippen molar-refractivity contribution >= 4 is 29.1 Å². The molecular weight excluding hydrogens is 436 g/mol. The van der Waals surface area contributed by atoms with Crippen molar-refractivity contribution in [1.29, 1.82) is 0 Å². The van der Waals surface area contributed by atoms with Gasteiger partial charge in [0.05, 0.1) is 5.02 Å². The van der Waals surface area contributed by atoms with Crippen LogP contribution in [0.1, 0.15) is 48.2 Å². The van der Waals surface area contributed by atoms with Crippen molar-refractivity contribution in [3.8, 4) is 11.5 Å². The van der Waals surface area contributed by atoms with Gasteiger partial charge in [0, 0.05) is 5.69 Å². The third kappa shape index (κ3) is 3.65. The van der Waals surface area contributed by atoms with Crippen molar-refractivity contribution in [2.24, 2.45) is 17.8 Å². The number of benzene rings is 2. The largest absolute Gasteiger partial charge is 0.477 e. The summed E-state index contributed by atoms with van der Waals surface area (Å²) in [5.41, 5.74) is 2.51. The van der Waals surface area contributed by atoms with Gasteiger partial charge in [0.25, 0.3) is 0 Å². The zero-order chi connectivity index (χ0) is 22.6. The van der Waals surface area contributed by atoms with Crippen LogP contribution in [0.15, 0.2) is 60.7 Å².